The van der Waals surface area contributed by atoms with Crippen molar-refractivity contribution in [2.24, 2.45) is 0 Å². The largest absolute Gasteiger partial charge is 0.384 e. The smallest absolute Gasteiger partial charge is 0.257 e. The monoisotopic (exact) mass is 354 g/mol. The van der Waals surface area contributed by atoms with Gasteiger partial charge in [-0.05, 0) is 44.4 Å². The van der Waals surface area contributed by atoms with Crippen molar-refractivity contribution in [3.05, 3.63) is 40.4 Å². The Kier molecular flexibility index (Phi) is 5.43. The molecule has 0 aromatic carbocycles. The van der Waals surface area contributed by atoms with E-state index < -0.39 is 0 Å². The highest BCUT2D eigenvalue weighted by atomic mass is 16.5. The number of nitrogens with two attached hydrogens (primary N) is 2. The molecule has 136 valence electrons. The molecule has 8 heteroatoms. The highest BCUT2D eigenvalue weighted by Gasteiger charge is 2.10. The molecule has 0 saturated carbocycles. The average Bonchev–Trinajstić information content (AvgIpc) is 2.64. The van der Waals surface area contributed by atoms with Gasteiger partial charge in [0, 0.05) is 35.9 Å². The molecule has 4 rings (SSSR count). The molecule has 4 heterocycles. The molecule has 0 aliphatic carbocycles. The number of anilines is 2. The van der Waals surface area contributed by atoms with Crippen molar-refractivity contribution in [1.82, 2.24) is 19.9 Å². The van der Waals surface area contributed by atoms with E-state index in [4.69, 9.17) is 16.2 Å². The van der Waals surface area contributed by atoms with Crippen LogP contribution in [0.3, 0.4) is 0 Å². The lowest BCUT2D eigenvalue weighted by Crippen LogP contribution is -2.11. The van der Waals surface area contributed by atoms with Gasteiger partial charge in [-0.1, -0.05) is 0 Å². The van der Waals surface area contributed by atoms with Crippen LogP contribution in [0.4, 0.5) is 11.8 Å². The highest BCUT2D eigenvalue weighted by molar-refractivity contribution is 5.83. The molecular formula is C18H22N6O2. The van der Waals surface area contributed by atoms with Crippen LogP contribution in [0, 0.1) is 6.92 Å². The summed E-state index contributed by atoms with van der Waals surface area (Å²) in [6.07, 6.45) is 5.49. The van der Waals surface area contributed by atoms with E-state index >= 15 is 0 Å². The van der Waals surface area contributed by atoms with Crippen LogP contribution in [0.15, 0.2) is 29.2 Å². The molecule has 8 nitrogen and oxygen atoms in total. The zero-order chi connectivity index (χ0) is 18.5. The van der Waals surface area contributed by atoms with E-state index in [1.807, 2.05) is 6.92 Å². The maximum absolute atomic E-state index is 12.1. The summed E-state index contributed by atoms with van der Waals surface area (Å²) in [5, 5.41) is 0.741. The summed E-state index contributed by atoms with van der Waals surface area (Å²) in [5.41, 5.74) is 13.1. The predicted molar refractivity (Wildman–Crippen MR) is 102 cm³/mol. The minimum atomic E-state index is -0.262. The topological polar surface area (TPSA) is 133 Å². The molecule has 1 fully saturated rings. The maximum Gasteiger partial charge on any atom is 0.257 e. The molecule has 3 aromatic rings. The van der Waals surface area contributed by atoms with Crippen molar-refractivity contribution in [3.8, 4) is 11.1 Å². The summed E-state index contributed by atoms with van der Waals surface area (Å²) in [4.78, 5) is 26.9. The molecular weight excluding hydrogens is 332 g/mol. The highest BCUT2D eigenvalue weighted by Crippen LogP contribution is 2.20. The third-order valence-electron chi connectivity index (χ3n) is 4.09. The number of aromatic nitrogens is 4. The Labute approximate surface area is 150 Å². The zero-order valence-electron chi connectivity index (χ0n) is 14.7. The van der Waals surface area contributed by atoms with E-state index in [1.165, 1.54) is 19.3 Å². The van der Waals surface area contributed by atoms with Gasteiger partial charge < -0.3 is 21.2 Å². The van der Waals surface area contributed by atoms with Gasteiger partial charge in [0.2, 0.25) is 5.95 Å². The molecule has 0 bridgehead atoms. The van der Waals surface area contributed by atoms with Crippen LogP contribution in [0.25, 0.3) is 22.2 Å². The second kappa shape index (κ2) is 7.92. The minimum absolute atomic E-state index is 0.132. The normalized spacial score (nSPS) is 13.9. The first kappa shape index (κ1) is 17.8. The number of rotatable bonds is 1. The lowest BCUT2D eigenvalue weighted by atomic mass is 10.1. The number of fused-ring (bicyclic) bond motifs is 1. The summed E-state index contributed by atoms with van der Waals surface area (Å²) in [5.74, 6) is 0.533. The predicted octanol–water partition coefficient (Wildman–Crippen LogP) is 2.04. The standard InChI is InChI=1S/C13H12N6O.C5H10O/c1-6-8-4-9(7-2-3-10(14)16-5-7)12(20)18-11(8)19-13(15)17-6;1-2-4-6-5-3-1/h2-5H,1H3,(H2,14,16)(H3,15,17,18,19,20);1-5H2. The fourth-order valence-electron chi connectivity index (χ4n) is 2.72. The summed E-state index contributed by atoms with van der Waals surface area (Å²) >= 11 is 0. The van der Waals surface area contributed by atoms with Crippen LogP contribution in [-0.2, 0) is 4.74 Å². The van der Waals surface area contributed by atoms with Crippen molar-refractivity contribution in [1.29, 1.82) is 0 Å². The minimum Gasteiger partial charge on any atom is -0.384 e. The van der Waals surface area contributed by atoms with Gasteiger partial charge in [-0.3, -0.25) is 4.79 Å². The van der Waals surface area contributed by atoms with E-state index in [2.05, 4.69) is 19.9 Å². The van der Waals surface area contributed by atoms with Crippen molar-refractivity contribution in [2.75, 3.05) is 24.7 Å². The third kappa shape index (κ3) is 4.15. The Morgan fingerprint density at radius 1 is 1.12 bits per heavy atom. The number of ether oxygens (including phenoxy) is 1. The van der Waals surface area contributed by atoms with Gasteiger partial charge in [-0.15, -0.1) is 0 Å². The molecule has 0 unspecified atom stereocenters. The fraction of sp³-hybridized carbons (Fsp3) is 0.333. The van der Waals surface area contributed by atoms with Gasteiger partial charge >= 0.3 is 0 Å². The number of pyridine rings is 2. The molecule has 0 spiro atoms. The van der Waals surface area contributed by atoms with Crippen molar-refractivity contribution in [2.45, 2.75) is 26.2 Å². The van der Waals surface area contributed by atoms with Gasteiger partial charge in [0.25, 0.3) is 5.56 Å². The van der Waals surface area contributed by atoms with E-state index in [-0.39, 0.29) is 11.5 Å². The van der Waals surface area contributed by atoms with Crippen molar-refractivity contribution >= 4 is 22.8 Å². The number of hydrogen-bond acceptors (Lipinski definition) is 7. The van der Waals surface area contributed by atoms with Gasteiger partial charge in [0.05, 0.1) is 5.69 Å². The van der Waals surface area contributed by atoms with E-state index in [0.717, 1.165) is 18.6 Å². The Hall–Kier alpha value is -3.00. The Morgan fingerprint density at radius 3 is 2.46 bits per heavy atom. The third-order valence-corrected chi connectivity index (χ3v) is 4.09. The Balaban J connectivity index is 0.000000278. The quantitative estimate of drug-likeness (QED) is 0.609. The Morgan fingerprint density at radius 2 is 1.88 bits per heavy atom. The Bertz CT molecular complexity index is 937. The summed E-state index contributed by atoms with van der Waals surface area (Å²) < 4.78 is 5.07. The first-order valence-electron chi connectivity index (χ1n) is 8.51. The van der Waals surface area contributed by atoms with Crippen LogP contribution in [0.5, 0.6) is 0 Å². The molecule has 5 N–H and O–H groups in total. The molecule has 0 amide bonds. The van der Waals surface area contributed by atoms with Gasteiger partial charge in [0.1, 0.15) is 11.5 Å². The van der Waals surface area contributed by atoms with Gasteiger partial charge in [-0.25, -0.2) is 9.97 Å². The van der Waals surface area contributed by atoms with Gasteiger partial charge in [-0.2, -0.15) is 4.98 Å². The number of hydrogen-bond donors (Lipinski definition) is 3. The van der Waals surface area contributed by atoms with Gasteiger partial charge in [0.15, 0.2) is 0 Å². The fourth-order valence-corrected chi connectivity index (χ4v) is 2.72. The van der Waals surface area contributed by atoms with E-state index in [0.29, 0.717) is 28.3 Å². The molecule has 1 aliphatic rings. The first-order chi connectivity index (χ1) is 12.5. The van der Waals surface area contributed by atoms with Crippen LogP contribution < -0.4 is 17.0 Å². The lowest BCUT2D eigenvalue weighted by Gasteiger charge is -2.08. The van der Waals surface area contributed by atoms with E-state index in [9.17, 15) is 4.79 Å². The average molecular weight is 354 g/mol. The van der Waals surface area contributed by atoms with Crippen LogP contribution >= 0.6 is 0 Å². The molecule has 3 aromatic heterocycles. The number of aromatic amines is 1. The number of nitrogens with zero attached hydrogens (tertiary/aromatic N) is 3. The second-order valence-electron chi connectivity index (χ2n) is 6.09. The maximum atomic E-state index is 12.1. The van der Waals surface area contributed by atoms with Crippen molar-refractivity contribution < 1.29 is 4.74 Å². The molecule has 1 aliphatic heterocycles. The number of aryl methyl sites for hydroxylation is 1. The zero-order valence-corrected chi connectivity index (χ0v) is 14.7. The van der Waals surface area contributed by atoms with Crippen LogP contribution in [-0.4, -0.2) is 33.1 Å². The second-order valence-corrected chi connectivity index (χ2v) is 6.09. The number of nitrogens with one attached hydrogen (secondary N) is 1. The molecule has 26 heavy (non-hydrogen) atoms. The van der Waals surface area contributed by atoms with Crippen molar-refractivity contribution in [3.63, 3.8) is 0 Å². The first-order valence-corrected chi connectivity index (χ1v) is 8.51. The van der Waals surface area contributed by atoms with Crippen LogP contribution in [0.2, 0.25) is 0 Å². The summed E-state index contributed by atoms with van der Waals surface area (Å²) in [6, 6.07) is 5.12. The number of H-pyrrole nitrogens is 1. The van der Waals surface area contributed by atoms with E-state index in [1.54, 1.807) is 24.4 Å². The molecule has 0 atom stereocenters. The lowest BCUT2D eigenvalue weighted by molar-refractivity contribution is 0.0968. The SMILES string of the molecule is C1CCOCC1.Cc1nc(N)nc2[nH]c(=O)c(-c3ccc(N)nc3)cc12. The summed E-state index contributed by atoms with van der Waals surface area (Å²) in [6.45, 7) is 3.81. The molecule has 0 radical (unpaired) electrons. The molecule has 1 saturated heterocycles. The van der Waals surface area contributed by atoms with Crippen LogP contribution in [0.1, 0.15) is 25.0 Å². The number of nitrogen functional groups attached to an aromatic ring is 2. The summed E-state index contributed by atoms with van der Waals surface area (Å²) in [7, 11) is 0.